The van der Waals surface area contributed by atoms with Crippen molar-refractivity contribution in [1.29, 1.82) is 0 Å². The van der Waals surface area contributed by atoms with Gasteiger partial charge in [0.25, 0.3) is 10.0 Å². The van der Waals surface area contributed by atoms with Crippen molar-refractivity contribution in [3.8, 4) is 11.1 Å². The van der Waals surface area contributed by atoms with Gasteiger partial charge in [-0.05, 0) is 65.5 Å². The van der Waals surface area contributed by atoms with Crippen LogP contribution in [0.4, 0.5) is 4.79 Å². The van der Waals surface area contributed by atoms with E-state index in [1.165, 1.54) is 5.56 Å². The van der Waals surface area contributed by atoms with Gasteiger partial charge in [0.1, 0.15) is 0 Å². The molecular weight excluding hydrogens is 462 g/mol. The van der Waals surface area contributed by atoms with Gasteiger partial charge in [0.2, 0.25) is 0 Å². The van der Waals surface area contributed by atoms with Gasteiger partial charge in [0.05, 0.1) is 17.8 Å². The predicted molar refractivity (Wildman–Crippen MR) is 136 cm³/mol. The summed E-state index contributed by atoms with van der Waals surface area (Å²) in [6.07, 6.45) is 7.89. The molecule has 0 saturated carbocycles. The fourth-order valence-corrected chi connectivity index (χ4v) is 5.83. The third-order valence-corrected chi connectivity index (χ3v) is 7.95. The molecule has 7 nitrogen and oxygen atoms in total. The fraction of sp³-hybridized carbons (Fsp3) is 0.407. The highest BCUT2D eigenvalue weighted by Crippen LogP contribution is 2.42. The Kier molecular flexibility index (Phi) is 7.60. The number of sulfonamides is 1. The SMILES string of the molecule is CCCCOC(=O)NS(=O)(=O)c1cc2c(cc1-c1ccc(Cn3ccnc3)cc1)CCC2C(C)C. The average Bonchev–Trinajstić information content (AvgIpc) is 3.48. The Bertz CT molecular complexity index is 1270. The van der Waals surface area contributed by atoms with Crippen LogP contribution in [-0.4, -0.2) is 30.7 Å². The number of nitrogens with zero attached hydrogens (tertiary/aromatic N) is 2. The summed E-state index contributed by atoms with van der Waals surface area (Å²) in [6.45, 7) is 7.15. The summed E-state index contributed by atoms with van der Waals surface area (Å²) in [5.41, 5.74) is 4.69. The van der Waals surface area contributed by atoms with Crippen molar-refractivity contribution in [1.82, 2.24) is 14.3 Å². The molecule has 1 N–H and O–H groups in total. The van der Waals surface area contributed by atoms with Crippen LogP contribution in [0.3, 0.4) is 0 Å². The van der Waals surface area contributed by atoms with E-state index in [-0.39, 0.29) is 11.5 Å². The molecule has 1 aliphatic carbocycles. The molecule has 186 valence electrons. The molecule has 1 aliphatic rings. The monoisotopic (exact) mass is 495 g/mol. The quantitative estimate of drug-likeness (QED) is 0.396. The zero-order valence-electron chi connectivity index (χ0n) is 20.5. The number of fused-ring (bicyclic) bond motifs is 1. The standard InChI is InChI=1S/C27H33N3O4S/c1-4-5-14-34-27(31)29-35(32,33)26-16-24-22(10-11-23(24)19(2)3)15-25(26)21-8-6-20(7-9-21)17-30-13-12-28-18-30/h6-9,12-13,15-16,18-19,23H,4-5,10-11,14,17H2,1-3H3,(H,29,31). The minimum absolute atomic E-state index is 0.110. The van der Waals surface area contributed by atoms with E-state index in [0.717, 1.165) is 36.0 Å². The molecule has 1 atom stereocenters. The number of hydrogen-bond donors (Lipinski definition) is 1. The van der Waals surface area contributed by atoms with Crippen LogP contribution in [0, 0.1) is 5.92 Å². The Morgan fingerprint density at radius 2 is 2.00 bits per heavy atom. The first-order valence-electron chi connectivity index (χ1n) is 12.2. The highest BCUT2D eigenvalue weighted by atomic mass is 32.2. The van der Waals surface area contributed by atoms with Gasteiger partial charge < -0.3 is 9.30 Å². The second kappa shape index (κ2) is 10.6. The van der Waals surface area contributed by atoms with Crippen molar-refractivity contribution in [2.24, 2.45) is 5.92 Å². The van der Waals surface area contributed by atoms with Crippen LogP contribution in [-0.2, 0) is 27.7 Å². The van der Waals surface area contributed by atoms with Crippen LogP contribution < -0.4 is 4.72 Å². The summed E-state index contributed by atoms with van der Waals surface area (Å²) < 4.78 is 36.0. The van der Waals surface area contributed by atoms with Gasteiger partial charge in [-0.1, -0.05) is 51.5 Å². The van der Waals surface area contributed by atoms with Crippen molar-refractivity contribution < 1.29 is 17.9 Å². The van der Waals surface area contributed by atoms with Crippen LogP contribution in [0.15, 0.2) is 60.0 Å². The molecule has 1 heterocycles. The molecule has 2 aromatic carbocycles. The Morgan fingerprint density at radius 3 is 2.66 bits per heavy atom. The van der Waals surface area contributed by atoms with Crippen molar-refractivity contribution in [2.75, 3.05) is 6.61 Å². The number of hydrogen-bond acceptors (Lipinski definition) is 5. The summed E-state index contributed by atoms with van der Waals surface area (Å²) in [4.78, 5) is 16.4. The maximum Gasteiger partial charge on any atom is 0.421 e. The van der Waals surface area contributed by atoms with E-state index in [0.29, 0.717) is 30.4 Å². The fourth-order valence-electron chi connectivity index (χ4n) is 4.69. The summed E-state index contributed by atoms with van der Waals surface area (Å²) in [5, 5.41) is 0. The van der Waals surface area contributed by atoms with E-state index in [1.807, 2.05) is 48.0 Å². The van der Waals surface area contributed by atoms with Crippen LogP contribution >= 0.6 is 0 Å². The molecule has 0 spiro atoms. The molecular formula is C27H33N3O4S. The molecule has 0 radical (unpaired) electrons. The van der Waals surface area contributed by atoms with E-state index in [1.54, 1.807) is 18.6 Å². The number of carbonyl (C=O) groups is 1. The zero-order chi connectivity index (χ0) is 25.0. The molecule has 1 unspecified atom stereocenters. The minimum Gasteiger partial charge on any atom is -0.449 e. The topological polar surface area (TPSA) is 90.3 Å². The normalized spacial score (nSPS) is 15.3. The van der Waals surface area contributed by atoms with Gasteiger partial charge in [-0.15, -0.1) is 0 Å². The van der Waals surface area contributed by atoms with Gasteiger partial charge in [0.15, 0.2) is 0 Å². The lowest BCUT2D eigenvalue weighted by atomic mass is 9.89. The molecule has 1 amide bonds. The Labute approximate surface area is 207 Å². The van der Waals surface area contributed by atoms with Crippen LogP contribution in [0.2, 0.25) is 0 Å². The molecule has 0 aliphatic heterocycles. The number of benzene rings is 2. The van der Waals surface area contributed by atoms with E-state index in [2.05, 4.69) is 23.6 Å². The third-order valence-electron chi connectivity index (χ3n) is 6.60. The number of ether oxygens (including phenoxy) is 1. The van der Waals surface area contributed by atoms with Crippen LogP contribution in [0.1, 0.15) is 62.6 Å². The van der Waals surface area contributed by atoms with Gasteiger partial charge in [0, 0.05) is 24.5 Å². The molecule has 0 fully saturated rings. The van der Waals surface area contributed by atoms with E-state index < -0.39 is 16.1 Å². The van der Waals surface area contributed by atoms with E-state index in [4.69, 9.17) is 4.74 Å². The van der Waals surface area contributed by atoms with Gasteiger partial charge in [-0.25, -0.2) is 22.9 Å². The highest BCUT2D eigenvalue weighted by molar-refractivity contribution is 7.90. The smallest absolute Gasteiger partial charge is 0.421 e. The number of amides is 1. The molecule has 35 heavy (non-hydrogen) atoms. The van der Waals surface area contributed by atoms with Gasteiger partial charge in [-0.3, -0.25) is 0 Å². The lowest BCUT2D eigenvalue weighted by Gasteiger charge is -2.19. The zero-order valence-corrected chi connectivity index (χ0v) is 21.3. The van der Waals surface area contributed by atoms with Crippen LogP contribution in [0.25, 0.3) is 11.1 Å². The number of rotatable bonds is 9. The van der Waals surface area contributed by atoms with Gasteiger partial charge >= 0.3 is 6.09 Å². The second-order valence-electron chi connectivity index (χ2n) is 9.46. The third kappa shape index (κ3) is 5.75. The first-order valence-corrected chi connectivity index (χ1v) is 13.7. The lowest BCUT2D eigenvalue weighted by molar-refractivity contribution is 0.151. The number of nitrogens with one attached hydrogen (secondary N) is 1. The molecule has 1 aromatic heterocycles. The summed E-state index contributed by atoms with van der Waals surface area (Å²) in [7, 11) is -4.13. The number of imidazole rings is 1. The number of aryl methyl sites for hydroxylation is 1. The number of carbonyl (C=O) groups excluding carboxylic acids is 1. The van der Waals surface area contributed by atoms with Crippen molar-refractivity contribution in [3.05, 3.63) is 71.8 Å². The predicted octanol–water partition coefficient (Wildman–Crippen LogP) is 5.50. The van der Waals surface area contributed by atoms with Crippen molar-refractivity contribution >= 4 is 16.1 Å². The van der Waals surface area contributed by atoms with Crippen molar-refractivity contribution in [2.45, 2.75) is 63.8 Å². The summed E-state index contributed by atoms with van der Waals surface area (Å²) >= 11 is 0. The first-order chi connectivity index (χ1) is 16.8. The molecule has 0 bridgehead atoms. The lowest BCUT2D eigenvalue weighted by Crippen LogP contribution is -2.32. The van der Waals surface area contributed by atoms with E-state index in [9.17, 15) is 13.2 Å². The highest BCUT2D eigenvalue weighted by Gasteiger charge is 2.31. The second-order valence-corrected chi connectivity index (χ2v) is 11.1. The maximum atomic E-state index is 13.4. The number of aromatic nitrogens is 2. The molecule has 0 saturated heterocycles. The van der Waals surface area contributed by atoms with Crippen LogP contribution in [0.5, 0.6) is 0 Å². The minimum atomic E-state index is -4.13. The molecule has 3 aromatic rings. The Balaban J connectivity index is 1.70. The first kappa shape index (κ1) is 25.0. The summed E-state index contributed by atoms with van der Waals surface area (Å²) in [5.74, 6) is 0.689. The number of unbranched alkanes of at least 4 members (excludes halogenated alkanes) is 1. The summed E-state index contributed by atoms with van der Waals surface area (Å²) in [6, 6.07) is 11.6. The van der Waals surface area contributed by atoms with Crippen molar-refractivity contribution in [3.63, 3.8) is 0 Å². The maximum absolute atomic E-state index is 13.4. The molecule has 8 heteroatoms. The Hall–Kier alpha value is -3.13. The van der Waals surface area contributed by atoms with E-state index >= 15 is 0 Å². The average molecular weight is 496 g/mol. The van der Waals surface area contributed by atoms with Gasteiger partial charge in [-0.2, -0.15) is 0 Å². The Morgan fingerprint density at radius 1 is 1.23 bits per heavy atom. The largest absolute Gasteiger partial charge is 0.449 e. The molecule has 4 rings (SSSR count).